The summed E-state index contributed by atoms with van der Waals surface area (Å²) in [5, 5.41) is 10.0. The molecule has 0 bridgehead atoms. The molecule has 3 nitrogen and oxygen atoms in total. The summed E-state index contributed by atoms with van der Waals surface area (Å²) in [6.07, 6.45) is 3.51. The van der Waals surface area contributed by atoms with Crippen molar-refractivity contribution in [3.63, 3.8) is 0 Å². The highest BCUT2D eigenvalue weighted by molar-refractivity contribution is 5.49. The van der Waals surface area contributed by atoms with Crippen LogP contribution in [0.3, 0.4) is 0 Å². The van der Waals surface area contributed by atoms with Gasteiger partial charge < -0.3 is 14.7 Å². The molecule has 1 aliphatic heterocycles. The van der Waals surface area contributed by atoms with Gasteiger partial charge in [0.1, 0.15) is 0 Å². The molecular formula is C22H29NO2. The normalized spacial score (nSPS) is 14.8. The molecule has 0 atom stereocenters. The molecule has 1 N–H and O–H groups in total. The number of phenolic OH excluding ortho intramolecular Hbond substituents is 1. The fraction of sp³-hybridized carbons (Fsp3) is 0.455. The lowest BCUT2D eigenvalue weighted by molar-refractivity contribution is 0.232. The largest absolute Gasteiger partial charge is 0.504 e. The van der Waals surface area contributed by atoms with Crippen molar-refractivity contribution in [2.45, 2.75) is 45.4 Å². The molecule has 0 saturated carbocycles. The molecule has 1 heterocycles. The zero-order chi connectivity index (χ0) is 17.9. The third-order valence-corrected chi connectivity index (χ3v) is 5.14. The van der Waals surface area contributed by atoms with Crippen LogP contribution in [0.1, 0.15) is 44.7 Å². The van der Waals surface area contributed by atoms with Crippen molar-refractivity contribution in [1.82, 2.24) is 0 Å². The van der Waals surface area contributed by atoms with E-state index >= 15 is 0 Å². The first-order valence-corrected chi connectivity index (χ1v) is 9.30. The van der Waals surface area contributed by atoms with Crippen LogP contribution in [0.15, 0.2) is 42.5 Å². The van der Waals surface area contributed by atoms with E-state index in [4.69, 9.17) is 4.74 Å². The van der Waals surface area contributed by atoms with Gasteiger partial charge in [0.2, 0.25) is 0 Å². The predicted octanol–water partition coefficient (Wildman–Crippen LogP) is 4.91. The molecule has 25 heavy (non-hydrogen) atoms. The van der Waals surface area contributed by atoms with Crippen LogP contribution in [0.2, 0.25) is 0 Å². The summed E-state index contributed by atoms with van der Waals surface area (Å²) >= 11 is 0. The number of hydrogen-bond acceptors (Lipinski definition) is 3. The number of phenols is 1. The summed E-state index contributed by atoms with van der Waals surface area (Å²) in [6, 6.07) is 14.4. The molecule has 1 aliphatic rings. The molecule has 0 amide bonds. The van der Waals surface area contributed by atoms with E-state index in [2.05, 4.69) is 49.9 Å². The molecule has 3 heteroatoms. The maximum absolute atomic E-state index is 10.0. The van der Waals surface area contributed by atoms with Crippen LogP contribution in [0.4, 0.5) is 5.69 Å². The van der Waals surface area contributed by atoms with E-state index in [1.165, 1.54) is 42.7 Å². The highest BCUT2D eigenvalue weighted by Gasteiger charge is 2.23. The van der Waals surface area contributed by atoms with E-state index in [9.17, 15) is 5.11 Å². The van der Waals surface area contributed by atoms with E-state index in [0.29, 0.717) is 12.4 Å². The average Bonchev–Trinajstić information content (AvgIpc) is 3.16. The molecule has 1 saturated heterocycles. The topological polar surface area (TPSA) is 32.7 Å². The highest BCUT2D eigenvalue weighted by atomic mass is 16.5. The third kappa shape index (κ3) is 4.09. The molecule has 0 aromatic heterocycles. The van der Waals surface area contributed by atoms with Gasteiger partial charge in [0.25, 0.3) is 0 Å². The van der Waals surface area contributed by atoms with Crippen molar-refractivity contribution in [2.24, 2.45) is 0 Å². The van der Waals surface area contributed by atoms with Crippen LogP contribution in [0.25, 0.3) is 0 Å². The zero-order valence-electron chi connectivity index (χ0n) is 15.6. The Morgan fingerprint density at radius 2 is 1.72 bits per heavy atom. The standard InChI is InChI=1S/C22H29NO2/c1-4-17-7-12-20(24)21(15-17)25-16-22(2,3)18-8-10-19(11-9-18)23-13-5-6-14-23/h7-12,15,24H,4-6,13-14,16H2,1-3H3. The summed E-state index contributed by atoms with van der Waals surface area (Å²) in [5.41, 5.74) is 3.60. The van der Waals surface area contributed by atoms with Crippen molar-refractivity contribution in [2.75, 3.05) is 24.6 Å². The lowest BCUT2D eigenvalue weighted by Crippen LogP contribution is -2.26. The monoisotopic (exact) mass is 339 g/mol. The first-order valence-electron chi connectivity index (χ1n) is 9.30. The molecule has 0 aliphatic carbocycles. The SMILES string of the molecule is CCc1ccc(O)c(OCC(C)(C)c2ccc(N3CCCC3)cc2)c1. The van der Waals surface area contributed by atoms with Gasteiger partial charge >= 0.3 is 0 Å². The van der Waals surface area contributed by atoms with Crippen molar-refractivity contribution in [3.05, 3.63) is 53.6 Å². The van der Waals surface area contributed by atoms with Crippen LogP contribution >= 0.6 is 0 Å². The maximum atomic E-state index is 10.0. The van der Waals surface area contributed by atoms with E-state index in [-0.39, 0.29) is 11.2 Å². The second-order valence-electron chi connectivity index (χ2n) is 7.57. The Morgan fingerprint density at radius 1 is 1.04 bits per heavy atom. The molecular weight excluding hydrogens is 310 g/mol. The fourth-order valence-electron chi connectivity index (χ4n) is 3.33. The first-order chi connectivity index (χ1) is 12.0. The molecule has 2 aromatic carbocycles. The van der Waals surface area contributed by atoms with E-state index < -0.39 is 0 Å². The number of nitrogens with zero attached hydrogens (tertiary/aromatic N) is 1. The number of aryl methyl sites for hydroxylation is 1. The smallest absolute Gasteiger partial charge is 0.161 e. The van der Waals surface area contributed by atoms with Gasteiger partial charge in [0.15, 0.2) is 11.5 Å². The Balaban J connectivity index is 1.69. The fourth-order valence-corrected chi connectivity index (χ4v) is 3.33. The van der Waals surface area contributed by atoms with Gasteiger partial charge in [-0.2, -0.15) is 0 Å². The van der Waals surface area contributed by atoms with Crippen LogP contribution in [0.5, 0.6) is 11.5 Å². The third-order valence-electron chi connectivity index (χ3n) is 5.14. The van der Waals surface area contributed by atoms with Gasteiger partial charge in [-0.3, -0.25) is 0 Å². The highest BCUT2D eigenvalue weighted by Crippen LogP contribution is 2.31. The molecule has 0 radical (unpaired) electrons. The minimum atomic E-state index is -0.127. The van der Waals surface area contributed by atoms with E-state index in [1.54, 1.807) is 6.07 Å². The number of hydrogen-bond donors (Lipinski definition) is 1. The Kier molecular flexibility index (Phi) is 5.22. The minimum absolute atomic E-state index is 0.127. The van der Waals surface area contributed by atoms with Crippen molar-refractivity contribution < 1.29 is 9.84 Å². The van der Waals surface area contributed by atoms with Gasteiger partial charge in [0, 0.05) is 24.2 Å². The number of rotatable bonds is 6. The van der Waals surface area contributed by atoms with Gasteiger partial charge in [-0.05, 0) is 54.7 Å². The van der Waals surface area contributed by atoms with Crippen LogP contribution in [-0.2, 0) is 11.8 Å². The molecule has 1 fully saturated rings. The number of benzene rings is 2. The van der Waals surface area contributed by atoms with Crippen molar-refractivity contribution >= 4 is 5.69 Å². The Bertz CT molecular complexity index is 700. The average molecular weight is 339 g/mol. The molecule has 0 unspecified atom stereocenters. The number of aromatic hydroxyl groups is 1. The summed E-state index contributed by atoms with van der Waals surface area (Å²) < 4.78 is 5.97. The second-order valence-corrected chi connectivity index (χ2v) is 7.57. The minimum Gasteiger partial charge on any atom is -0.504 e. The number of anilines is 1. The maximum Gasteiger partial charge on any atom is 0.161 e. The molecule has 2 aromatic rings. The lowest BCUT2D eigenvalue weighted by Gasteiger charge is -2.27. The van der Waals surface area contributed by atoms with Crippen LogP contribution < -0.4 is 9.64 Å². The Morgan fingerprint density at radius 3 is 2.36 bits per heavy atom. The zero-order valence-corrected chi connectivity index (χ0v) is 15.6. The van der Waals surface area contributed by atoms with Crippen LogP contribution in [0, 0.1) is 0 Å². The van der Waals surface area contributed by atoms with Gasteiger partial charge in [-0.15, -0.1) is 0 Å². The molecule has 0 spiro atoms. The lowest BCUT2D eigenvalue weighted by atomic mass is 9.85. The summed E-state index contributed by atoms with van der Waals surface area (Å²) in [5.74, 6) is 0.776. The van der Waals surface area contributed by atoms with Gasteiger partial charge in [0.05, 0.1) is 6.61 Å². The van der Waals surface area contributed by atoms with Gasteiger partial charge in [-0.1, -0.05) is 39.0 Å². The number of ether oxygens (including phenoxy) is 1. The summed E-state index contributed by atoms with van der Waals surface area (Å²) in [7, 11) is 0. The second kappa shape index (κ2) is 7.38. The molecule has 134 valence electrons. The van der Waals surface area contributed by atoms with E-state index in [0.717, 1.165) is 6.42 Å². The molecule has 3 rings (SSSR count). The first kappa shape index (κ1) is 17.7. The van der Waals surface area contributed by atoms with E-state index in [1.807, 2.05) is 12.1 Å². The quantitative estimate of drug-likeness (QED) is 0.811. The predicted molar refractivity (Wildman–Crippen MR) is 104 cm³/mol. The van der Waals surface area contributed by atoms with Crippen LogP contribution in [-0.4, -0.2) is 24.8 Å². The van der Waals surface area contributed by atoms with Gasteiger partial charge in [-0.25, -0.2) is 0 Å². The Labute approximate surface area is 151 Å². The summed E-state index contributed by atoms with van der Waals surface area (Å²) in [4.78, 5) is 2.45. The Hall–Kier alpha value is -2.16. The summed E-state index contributed by atoms with van der Waals surface area (Å²) in [6.45, 7) is 9.31. The van der Waals surface area contributed by atoms with Crippen molar-refractivity contribution in [1.29, 1.82) is 0 Å². The van der Waals surface area contributed by atoms with Crippen molar-refractivity contribution in [3.8, 4) is 11.5 Å².